The third-order valence-electron chi connectivity index (χ3n) is 4.63. The minimum Gasteiger partial charge on any atom is -0.490 e. The minimum absolute atomic E-state index is 0.362. The predicted molar refractivity (Wildman–Crippen MR) is 95.7 cm³/mol. The molecule has 0 radical (unpaired) electrons. The molecule has 3 N–H and O–H groups in total. The standard InChI is InChI=1S/C16H23N3O3.C2HF3O2/c1-17-16(20)21-5-3-11-7-15(11)12-6-14(9-18-8-12)22-10-13-2-4-19-13;3-2(4,5)1(6)7/h6,8-9,11,13,15,19H,2-5,7,10H2,1H3,(H,17,20);(H,6,7)/t11-,13-,15-;/m0./s1. The molecule has 1 aromatic rings. The van der Waals surface area contributed by atoms with Crippen LogP contribution in [-0.2, 0) is 9.53 Å². The summed E-state index contributed by atoms with van der Waals surface area (Å²) in [7, 11) is 1.57. The topological polar surface area (TPSA) is 110 Å². The number of alkyl carbamates (subject to hydrolysis) is 1. The van der Waals surface area contributed by atoms with Crippen LogP contribution in [0.5, 0.6) is 5.75 Å². The number of hydrogen-bond donors (Lipinski definition) is 3. The Bertz CT molecular complexity index is 698. The summed E-state index contributed by atoms with van der Waals surface area (Å²) >= 11 is 0. The number of rotatable bonds is 7. The van der Waals surface area contributed by atoms with Gasteiger partial charge in [0.2, 0.25) is 0 Å². The molecule has 2 fully saturated rings. The molecule has 2 heterocycles. The summed E-state index contributed by atoms with van der Waals surface area (Å²) in [5, 5.41) is 12.9. The average molecular weight is 419 g/mol. The Hall–Kier alpha value is -2.56. The molecule has 2 aliphatic rings. The van der Waals surface area contributed by atoms with Crippen LogP contribution in [0, 0.1) is 5.92 Å². The maximum Gasteiger partial charge on any atom is 0.490 e. The van der Waals surface area contributed by atoms with Crippen molar-refractivity contribution in [2.75, 3.05) is 26.8 Å². The van der Waals surface area contributed by atoms with Crippen molar-refractivity contribution in [3.05, 3.63) is 24.0 Å². The van der Waals surface area contributed by atoms with E-state index in [4.69, 9.17) is 19.4 Å². The zero-order valence-corrected chi connectivity index (χ0v) is 15.9. The number of carbonyl (C=O) groups is 2. The molecule has 1 aliphatic carbocycles. The maximum atomic E-state index is 11.0. The van der Waals surface area contributed by atoms with Gasteiger partial charge in [-0.3, -0.25) is 4.98 Å². The zero-order chi connectivity index (χ0) is 21.4. The van der Waals surface area contributed by atoms with Crippen LogP contribution in [0.15, 0.2) is 18.5 Å². The first-order valence-electron chi connectivity index (χ1n) is 9.16. The minimum atomic E-state index is -5.08. The number of carboxylic acid groups (broad SMARTS) is 1. The molecule has 11 heteroatoms. The molecule has 0 unspecified atom stereocenters. The lowest BCUT2D eigenvalue weighted by Crippen LogP contribution is -2.46. The molecule has 8 nitrogen and oxygen atoms in total. The fourth-order valence-corrected chi connectivity index (χ4v) is 2.75. The van der Waals surface area contributed by atoms with Crippen LogP contribution in [0.3, 0.4) is 0 Å². The number of carboxylic acids is 1. The van der Waals surface area contributed by atoms with Crippen LogP contribution >= 0.6 is 0 Å². The molecule has 1 amide bonds. The fraction of sp³-hybridized carbons (Fsp3) is 0.611. The second kappa shape index (κ2) is 10.3. The second-order valence-electron chi connectivity index (χ2n) is 6.78. The van der Waals surface area contributed by atoms with Gasteiger partial charge in [-0.25, -0.2) is 9.59 Å². The van der Waals surface area contributed by atoms with Gasteiger partial charge in [-0.1, -0.05) is 0 Å². The first-order chi connectivity index (χ1) is 13.7. The average Bonchev–Trinajstić information content (AvgIpc) is 3.40. The Kier molecular flexibility index (Phi) is 8.06. The van der Waals surface area contributed by atoms with E-state index in [0.717, 1.165) is 25.1 Å². The van der Waals surface area contributed by atoms with E-state index >= 15 is 0 Å². The summed E-state index contributed by atoms with van der Waals surface area (Å²) in [5.41, 5.74) is 1.23. The van der Waals surface area contributed by atoms with Crippen LogP contribution in [-0.4, -0.2) is 61.2 Å². The van der Waals surface area contributed by atoms with E-state index in [-0.39, 0.29) is 6.09 Å². The number of hydrogen-bond acceptors (Lipinski definition) is 6. The van der Waals surface area contributed by atoms with Gasteiger partial charge in [-0.2, -0.15) is 13.2 Å². The van der Waals surface area contributed by atoms with Crippen molar-refractivity contribution in [2.45, 2.75) is 37.4 Å². The molecule has 1 aromatic heterocycles. The van der Waals surface area contributed by atoms with Crippen LogP contribution in [0.1, 0.15) is 30.7 Å². The second-order valence-corrected chi connectivity index (χ2v) is 6.78. The summed E-state index contributed by atoms with van der Waals surface area (Å²) in [6, 6.07) is 2.58. The molecule has 1 aliphatic heterocycles. The highest BCUT2D eigenvalue weighted by atomic mass is 19.4. The fourth-order valence-electron chi connectivity index (χ4n) is 2.75. The third-order valence-corrected chi connectivity index (χ3v) is 4.63. The Morgan fingerprint density at radius 1 is 1.38 bits per heavy atom. The molecule has 162 valence electrons. The monoisotopic (exact) mass is 419 g/mol. The number of nitrogens with zero attached hydrogens (tertiary/aromatic N) is 1. The SMILES string of the molecule is CNC(=O)OCC[C@H]1C[C@@H]1c1cncc(OC[C@@H]2CCN2)c1.O=C(O)C(F)(F)F. The van der Waals surface area contributed by atoms with Crippen LogP contribution < -0.4 is 15.4 Å². The van der Waals surface area contributed by atoms with Gasteiger partial charge in [0.15, 0.2) is 0 Å². The number of aliphatic carboxylic acids is 1. The van der Waals surface area contributed by atoms with Crippen molar-refractivity contribution < 1.29 is 37.3 Å². The van der Waals surface area contributed by atoms with Crippen molar-refractivity contribution in [1.29, 1.82) is 0 Å². The molecule has 0 bridgehead atoms. The molecular formula is C18H24F3N3O5. The molecule has 1 saturated carbocycles. The van der Waals surface area contributed by atoms with E-state index in [1.54, 1.807) is 13.2 Å². The highest BCUT2D eigenvalue weighted by Crippen LogP contribution is 2.49. The van der Waals surface area contributed by atoms with E-state index in [9.17, 15) is 18.0 Å². The van der Waals surface area contributed by atoms with Crippen molar-refractivity contribution in [3.63, 3.8) is 0 Å². The Labute approximate surface area is 165 Å². The van der Waals surface area contributed by atoms with E-state index in [2.05, 4.69) is 21.7 Å². The summed E-state index contributed by atoms with van der Waals surface area (Å²) in [5.74, 6) is -0.813. The van der Waals surface area contributed by atoms with Gasteiger partial charge in [-0.05, 0) is 49.3 Å². The molecular weight excluding hydrogens is 395 g/mol. The summed E-state index contributed by atoms with van der Waals surface area (Å²) in [6.45, 7) is 2.27. The summed E-state index contributed by atoms with van der Waals surface area (Å²) in [4.78, 5) is 24.2. The van der Waals surface area contributed by atoms with Crippen molar-refractivity contribution in [2.24, 2.45) is 5.92 Å². The molecule has 29 heavy (non-hydrogen) atoms. The molecule has 0 spiro atoms. The quantitative estimate of drug-likeness (QED) is 0.622. The normalized spacial score (nSPS) is 22.4. The summed E-state index contributed by atoms with van der Waals surface area (Å²) in [6.07, 6.45) is 1.46. The molecule has 3 rings (SSSR count). The van der Waals surface area contributed by atoms with E-state index in [1.165, 1.54) is 12.0 Å². The number of ether oxygens (including phenoxy) is 2. The lowest BCUT2D eigenvalue weighted by Gasteiger charge is -2.27. The first kappa shape index (κ1) is 22.7. The van der Waals surface area contributed by atoms with Gasteiger partial charge in [0.05, 0.1) is 12.8 Å². The van der Waals surface area contributed by atoms with E-state index in [1.807, 2.05) is 6.20 Å². The van der Waals surface area contributed by atoms with Crippen molar-refractivity contribution >= 4 is 12.1 Å². The lowest BCUT2D eigenvalue weighted by atomic mass is 10.1. The molecule has 3 atom stereocenters. The largest absolute Gasteiger partial charge is 0.490 e. The van der Waals surface area contributed by atoms with Crippen LogP contribution in [0.25, 0.3) is 0 Å². The predicted octanol–water partition coefficient (Wildman–Crippen LogP) is 2.31. The van der Waals surface area contributed by atoms with Crippen LogP contribution in [0.4, 0.5) is 18.0 Å². The Morgan fingerprint density at radius 2 is 2.07 bits per heavy atom. The Morgan fingerprint density at radius 3 is 2.62 bits per heavy atom. The highest BCUT2D eigenvalue weighted by molar-refractivity contribution is 5.73. The lowest BCUT2D eigenvalue weighted by molar-refractivity contribution is -0.192. The summed E-state index contributed by atoms with van der Waals surface area (Å²) < 4.78 is 42.6. The van der Waals surface area contributed by atoms with Gasteiger partial charge in [-0.15, -0.1) is 0 Å². The number of alkyl halides is 3. The van der Waals surface area contributed by atoms with E-state index < -0.39 is 12.1 Å². The third kappa shape index (κ3) is 7.76. The number of halogens is 3. The zero-order valence-electron chi connectivity index (χ0n) is 15.9. The highest BCUT2D eigenvalue weighted by Gasteiger charge is 2.39. The maximum absolute atomic E-state index is 11.0. The van der Waals surface area contributed by atoms with Gasteiger partial charge in [0.1, 0.15) is 12.4 Å². The number of aromatic nitrogens is 1. The number of carbonyl (C=O) groups excluding carboxylic acids is 1. The van der Waals surface area contributed by atoms with Crippen molar-refractivity contribution in [1.82, 2.24) is 15.6 Å². The number of nitrogens with one attached hydrogen (secondary N) is 2. The van der Waals surface area contributed by atoms with Gasteiger partial charge in [0.25, 0.3) is 0 Å². The number of pyridine rings is 1. The Balaban J connectivity index is 0.000000370. The van der Waals surface area contributed by atoms with E-state index in [0.29, 0.717) is 31.1 Å². The smallest absolute Gasteiger partial charge is 0.490 e. The van der Waals surface area contributed by atoms with Gasteiger partial charge < -0.3 is 25.2 Å². The van der Waals surface area contributed by atoms with Gasteiger partial charge >= 0.3 is 18.2 Å². The van der Waals surface area contributed by atoms with Crippen molar-refractivity contribution in [3.8, 4) is 5.75 Å². The molecule has 1 saturated heterocycles. The van der Waals surface area contributed by atoms with Gasteiger partial charge in [0, 0.05) is 19.3 Å². The molecule has 0 aromatic carbocycles. The first-order valence-corrected chi connectivity index (χ1v) is 9.16. The van der Waals surface area contributed by atoms with Crippen LogP contribution in [0.2, 0.25) is 0 Å². The number of amides is 1.